The standard InChI is InChI=1S/C18H20N2O2/c1-12-6-8-13(9-7-12)10-20-11-15(18(19)22)17(21)14-4-2-3-5-16(14)20/h6-9,11H,2-5,10H2,1H3,(H2,19,22). The zero-order valence-corrected chi connectivity index (χ0v) is 12.8. The third-order valence-electron chi connectivity index (χ3n) is 4.33. The van der Waals surface area contributed by atoms with Gasteiger partial charge in [0.25, 0.3) is 5.91 Å². The summed E-state index contributed by atoms with van der Waals surface area (Å²) in [5, 5.41) is 0. The zero-order valence-electron chi connectivity index (χ0n) is 12.8. The molecule has 0 saturated heterocycles. The molecule has 114 valence electrons. The number of fused-ring (bicyclic) bond motifs is 1. The van der Waals surface area contributed by atoms with E-state index in [0.29, 0.717) is 6.54 Å². The third-order valence-corrected chi connectivity index (χ3v) is 4.33. The number of hydrogen-bond acceptors (Lipinski definition) is 2. The Morgan fingerprint density at radius 2 is 1.86 bits per heavy atom. The molecule has 3 rings (SSSR count). The Morgan fingerprint density at radius 1 is 1.18 bits per heavy atom. The van der Waals surface area contributed by atoms with E-state index < -0.39 is 5.91 Å². The van der Waals surface area contributed by atoms with E-state index >= 15 is 0 Å². The Bertz CT molecular complexity index is 773. The molecule has 0 aliphatic heterocycles. The number of nitrogens with two attached hydrogens (primary N) is 1. The molecule has 4 heteroatoms. The Morgan fingerprint density at radius 3 is 2.55 bits per heavy atom. The van der Waals surface area contributed by atoms with Crippen LogP contribution in [-0.2, 0) is 19.4 Å². The van der Waals surface area contributed by atoms with Crippen molar-refractivity contribution in [1.29, 1.82) is 0 Å². The van der Waals surface area contributed by atoms with Gasteiger partial charge in [0.1, 0.15) is 5.56 Å². The van der Waals surface area contributed by atoms with Crippen molar-refractivity contribution in [2.75, 3.05) is 0 Å². The van der Waals surface area contributed by atoms with Crippen molar-refractivity contribution in [3.63, 3.8) is 0 Å². The van der Waals surface area contributed by atoms with Crippen molar-refractivity contribution in [1.82, 2.24) is 4.57 Å². The highest BCUT2D eigenvalue weighted by atomic mass is 16.2. The molecule has 1 heterocycles. The largest absolute Gasteiger partial charge is 0.365 e. The van der Waals surface area contributed by atoms with E-state index in [4.69, 9.17) is 5.73 Å². The second-order valence-corrected chi connectivity index (χ2v) is 5.98. The van der Waals surface area contributed by atoms with Gasteiger partial charge in [-0.25, -0.2) is 0 Å². The van der Waals surface area contributed by atoms with Crippen LogP contribution >= 0.6 is 0 Å². The van der Waals surface area contributed by atoms with Crippen LogP contribution in [0.3, 0.4) is 0 Å². The van der Waals surface area contributed by atoms with Gasteiger partial charge in [-0.3, -0.25) is 9.59 Å². The second-order valence-electron chi connectivity index (χ2n) is 5.98. The number of aromatic nitrogens is 1. The average Bonchev–Trinajstić information content (AvgIpc) is 2.52. The first-order valence-corrected chi connectivity index (χ1v) is 7.67. The molecule has 22 heavy (non-hydrogen) atoms. The summed E-state index contributed by atoms with van der Waals surface area (Å²) in [4.78, 5) is 24.0. The molecular formula is C18H20N2O2. The fraction of sp³-hybridized carbons (Fsp3) is 0.333. The van der Waals surface area contributed by atoms with Gasteiger partial charge in [-0.1, -0.05) is 29.8 Å². The number of amides is 1. The lowest BCUT2D eigenvalue weighted by molar-refractivity contribution is 0.0998. The predicted octanol–water partition coefficient (Wildman–Crippen LogP) is 2.18. The van der Waals surface area contributed by atoms with E-state index in [2.05, 4.69) is 31.2 Å². The molecule has 1 aliphatic carbocycles. The summed E-state index contributed by atoms with van der Waals surface area (Å²) in [7, 11) is 0. The minimum absolute atomic E-state index is 0.104. The molecule has 2 aromatic rings. The Labute approximate surface area is 129 Å². The maximum absolute atomic E-state index is 12.4. The topological polar surface area (TPSA) is 65.1 Å². The number of primary amides is 1. The average molecular weight is 296 g/mol. The number of carbonyl (C=O) groups is 1. The van der Waals surface area contributed by atoms with Crippen molar-refractivity contribution in [2.24, 2.45) is 5.73 Å². The minimum atomic E-state index is -0.643. The van der Waals surface area contributed by atoms with E-state index in [1.165, 1.54) is 5.56 Å². The summed E-state index contributed by atoms with van der Waals surface area (Å²) in [6, 6.07) is 8.29. The maximum atomic E-state index is 12.4. The molecule has 0 saturated carbocycles. The normalized spacial score (nSPS) is 13.7. The molecule has 4 nitrogen and oxygen atoms in total. The Balaban J connectivity index is 2.09. The van der Waals surface area contributed by atoms with Crippen LogP contribution < -0.4 is 11.2 Å². The Kier molecular flexibility index (Phi) is 3.84. The second kappa shape index (κ2) is 5.79. The summed E-state index contributed by atoms with van der Waals surface area (Å²) in [6.07, 6.45) is 5.33. The van der Waals surface area contributed by atoms with Crippen LogP contribution in [0.4, 0.5) is 0 Å². The molecule has 0 bridgehead atoms. The van der Waals surface area contributed by atoms with Gasteiger partial charge >= 0.3 is 0 Å². The molecule has 0 atom stereocenters. The van der Waals surface area contributed by atoms with Gasteiger partial charge in [0, 0.05) is 24.0 Å². The monoisotopic (exact) mass is 296 g/mol. The molecule has 0 unspecified atom stereocenters. The van der Waals surface area contributed by atoms with Crippen LogP contribution in [-0.4, -0.2) is 10.5 Å². The van der Waals surface area contributed by atoms with Crippen LogP contribution in [0.25, 0.3) is 0 Å². The van der Waals surface area contributed by atoms with Crippen molar-refractivity contribution in [3.05, 3.63) is 68.6 Å². The van der Waals surface area contributed by atoms with Crippen LogP contribution in [0, 0.1) is 6.92 Å². The van der Waals surface area contributed by atoms with E-state index in [1.807, 2.05) is 4.57 Å². The summed E-state index contributed by atoms with van der Waals surface area (Å²) >= 11 is 0. The van der Waals surface area contributed by atoms with Gasteiger partial charge in [-0.2, -0.15) is 0 Å². The fourth-order valence-corrected chi connectivity index (χ4v) is 3.11. The Hall–Kier alpha value is -2.36. The number of nitrogens with zero attached hydrogens (tertiary/aromatic N) is 1. The molecule has 0 radical (unpaired) electrons. The summed E-state index contributed by atoms with van der Waals surface area (Å²) in [5.74, 6) is -0.643. The number of hydrogen-bond donors (Lipinski definition) is 1. The lowest BCUT2D eigenvalue weighted by atomic mass is 9.93. The van der Waals surface area contributed by atoms with Crippen LogP contribution in [0.5, 0.6) is 0 Å². The van der Waals surface area contributed by atoms with Crippen molar-refractivity contribution < 1.29 is 4.79 Å². The quantitative estimate of drug-likeness (QED) is 0.943. The zero-order chi connectivity index (χ0) is 15.7. The lowest BCUT2D eigenvalue weighted by Crippen LogP contribution is -2.30. The number of rotatable bonds is 3. The molecule has 0 fully saturated rings. The van der Waals surface area contributed by atoms with E-state index in [1.54, 1.807) is 6.20 Å². The fourth-order valence-electron chi connectivity index (χ4n) is 3.11. The van der Waals surface area contributed by atoms with Crippen molar-refractivity contribution in [3.8, 4) is 0 Å². The van der Waals surface area contributed by atoms with E-state index in [-0.39, 0.29) is 11.0 Å². The maximum Gasteiger partial charge on any atom is 0.254 e. The van der Waals surface area contributed by atoms with Gasteiger partial charge in [-0.15, -0.1) is 0 Å². The molecule has 2 N–H and O–H groups in total. The van der Waals surface area contributed by atoms with Gasteiger partial charge in [0.05, 0.1) is 0 Å². The van der Waals surface area contributed by atoms with E-state index in [9.17, 15) is 9.59 Å². The molecule has 1 aliphatic rings. The highest BCUT2D eigenvalue weighted by Crippen LogP contribution is 2.20. The number of pyridine rings is 1. The number of aryl methyl sites for hydroxylation is 1. The first kappa shape index (κ1) is 14.6. The summed E-state index contributed by atoms with van der Waals surface area (Å²) in [6.45, 7) is 2.71. The minimum Gasteiger partial charge on any atom is -0.365 e. The third kappa shape index (κ3) is 2.69. The van der Waals surface area contributed by atoms with Gasteiger partial charge in [0.2, 0.25) is 0 Å². The lowest BCUT2D eigenvalue weighted by Gasteiger charge is -2.22. The van der Waals surface area contributed by atoms with Gasteiger partial charge in [-0.05, 0) is 38.2 Å². The molecule has 1 aromatic heterocycles. The predicted molar refractivity (Wildman–Crippen MR) is 86.1 cm³/mol. The molecule has 1 aromatic carbocycles. The summed E-state index contributed by atoms with van der Waals surface area (Å²) < 4.78 is 2.03. The molecular weight excluding hydrogens is 276 g/mol. The first-order valence-electron chi connectivity index (χ1n) is 7.67. The summed E-state index contributed by atoms with van der Waals surface area (Å²) in [5.41, 5.74) is 9.50. The van der Waals surface area contributed by atoms with Crippen LogP contribution in [0.15, 0.2) is 35.3 Å². The van der Waals surface area contributed by atoms with Gasteiger partial charge in [0.15, 0.2) is 5.43 Å². The van der Waals surface area contributed by atoms with Crippen LogP contribution in [0.1, 0.15) is 45.6 Å². The molecule has 1 amide bonds. The first-order chi connectivity index (χ1) is 10.6. The van der Waals surface area contributed by atoms with Crippen molar-refractivity contribution >= 4 is 5.91 Å². The van der Waals surface area contributed by atoms with Gasteiger partial charge < -0.3 is 10.3 Å². The number of benzene rings is 1. The van der Waals surface area contributed by atoms with E-state index in [0.717, 1.165) is 42.5 Å². The van der Waals surface area contributed by atoms with Crippen molar-refractivity contribution in [2.45, 2.75) is 39.2 Å². The molecule has 0 spiro atoms. The highest BCUT2D eigenvalue weighted by Gasteiger charge is 2.20. The highest BCUT2D eigenvalue weighted by molar-refractivity contribution is 5.92. The van der Waals surface area contributed by atoms with Crippen LogP contribution in [0.2, 0.25) is 0 Å². The number of carbonyl (C=O) groups excluding carboxylic acids is 1. The smallest absolute Gasteiger partial charge is 0.254 e. The SMILES string of the molecule is Cc1ccc(Cn2cc(C(N)=O)c(=O)c3c2CCCC3)cc1.